The molecule has 2 aromatic carbocycles. The number of methoxy groups -OCH3 is 1. The fourth-order valence-electron chi connectivity index (χ4n) is 3.98. The van der Waals surface area contributed by atoms with Crippen molar-refractivity contribution in [2.24, 2.45) is 5.73 Å². The van der Waals surface area contributed by atoms with Crippen molar-refractivity contribution in [3.8, 4) is 0 Å². The number of halogens is 3. The SMILES string of the molecule is COCc1ccc(C(=O)N2CCC(c3ccc(C(=O)NC(=N)N)cc3C(F)(F)F)CC2)cc1. The highest BCUT2D eigenvalue weighted by Gasteiger charge is 2.37. The van der Waals surface area contributed by atoms with Gasteiger partial charge in [-0.05, 0) is 54.2 Å². The molecule has 0 unspecified atom stereocenters. The van der Waals surface area contributed by atoms with E-state index in [9.17, 15) is 22.8 Å². The molecule has 2 aromatic rings. The summed E-state index contributed by atoms with van der Waals surface area (Å²) in [5, 5.41) is 9.07. The highest BCUT2D eigenvalue weighted by molar-refractivity contribution is 6.04. The summed E-state index contributed by atoms with van der Waals surface area (Å²) in [6.45, 7) is 1.09. The lowest BCUT2D eigenvalue weighted by atomic mass is 9.85. The molecule has 0 saturated carbocycles. The van der Waals surface area contributed by atoms with Crippen LogP contribution in [0.3, 0.4) is 0 Å². The number of amides is 2. The average Bonchev–Trinajstić information content (AvgIpc) is 2.78. The maximum Gasteiger partial charge on any atom is 0.416 e. The van der Waals surface area contributed by atoms with Crippen LogP contribution in [-0.2, 0) is 17.5 Å². The topological polar surface area (TPSA) is 109 Å². The van der Waals surface area contributed by atoms with E-state index in [0.717, 1.165) is 11.6 Å². The number of ether oxygens (including phenoxy) is 1. The van der Waals surface area contributed by atoms with Gasteiger partial charge in [0.05, 0.1) is 12.2 Å². The van der Waals surface area contributed by atoms with E-state index in [1.54, 1.807) is 24.1 Å². The predicted molar refractivity (Wildman–Crippen MR) is 116 cm³/mol. The standard InChI is InChI=1S/C23H25F3N4O3/c1-33-13-14-2-4-16(5-3-14)21(32)30-10-8-15(9-11-30)18-7-6-17(20(31)29-22(27)28)12-19(18)23(24,25)26/h2-7,12,15H,8-11,13H2,1H3,(H4,27,28,29,31). The van der Waals surface area contributed by atoms with Crippen LogP contribution in [0.4, 0.5) is 13.2 Å². The lowest BCUT2D eigenvalue weighted by Crippen LogP contribution is -2.38. The molecule has 1 saturated heterocycles. The van der Waals surface area contributed by atoms with Gasteiger partial charge in [0.1, 0.15) is 0 Å². The fraction of sp³-hybridized carbons (Fsp3) is 0.348. The van der Waals surface area contributed by atoms with Gasteiger partial charge in [-0.3, -0.25) is 20.3 Å². The first-order valence-electron chi connectivity index (χ1n) is 10.3. The fourth-order valence-corrected chi connectivity index (χ4v) is 3.98. The molecule has 0 atom stereocenters. The van der Waals surface area contributed by atoms with Gasteiger partial charge in [-0.25, -0.2) is 0 Å². The molecule has 1 aliphatic heterocycles. The molecule has 176 valence electrons. The van der Waals surface area contributed by atoms with Crippen LogP contribution in [0.2, 0.25) is 0 Å². The smallest absolute Gasteiger partial charge is 0.380 e. The Bertz CT molecular complexity index is 1030. The first-order valence-corrected chi connectivity index (χ1v) is 10.3. The largest absolute Gasteiger partial charge is 0.416 e. The van der Waals surface area contributed by atoms with Crippen LogP contribution in [0, 0.1) is 5.41 Å². The summed E-state index contributed by atoms with van der Waals surface area (Å²) in [6, 6.07) is 10.4. The van der Waals surface area contributed by atoms with Crippen molar-refractivity contribution < 1.29 is 27.5 Å². The third kappa shape index (κ3) is 5.89. The Morgan fingerprint density at radius 2 is 1.73 bits per heavy atom. The van der Waals surface area contributed by atoms with Gasteiger partial charge in [-0.1, -0.05) is 18.2 Å². The number of hydrogen-bond acceptors (Lipinski definition) is 4. The third-order valence-corrected chi connectivity index (χ3v) is 5.60. The third-order valence-electron chi connectivity index (χ3n) is 5.60. The second-order valence-corrected chi connectivity index (χ2v) is 7.86. The van der Waals surface area contributed by atoms with E-state index in [4.69, 9.17) is 15.9 Å². The highest BCUT2D eigenvalue weighted by Crippen LogP contribution is 2.39. The van der Waals surface area contributed by atoms with Crippen molar-refractivity contribution in [3.05, 3.63) is 70.3 Å². The average molecular weight is 462 g/mol. The van der Waals surface area contributed by atoms with Crippen LogP contribution in [0.1, 0.15) is 56.2 Å². The minimum atomic E-state index is -4.65. The molecule has 4 N–H and O–H groups in total. The molecule has 0 spiro atoms. The van der Waals surface area contributed by atoms with Crippen LogP contribution in [-0.4, -0.2) is 42.9 Å². The quantitative estimate of drug-likeness (QED) is 0.467. The minimum absolute atomic E-state index is 0.0953. The van der Waals surface area contributed by atoms with Crippen LogP contribution in [0.15, 0.2) is 42.5 Å². The van der Waals surface area contributed by atoms with E-state index in [0.29, 0.717) is 38.1 Å². The number of nitrogens with two attached hydrogens (primary N) is 1. The zero-order chi connectivity index (χ0) is 24.2. The number of carbonyl (C=O) groups is 2. The highest BCUT2D eigenvalue weighted by atomic mass is 19.4. The molecule has 0 radical (unpaired) electrons. The first kappa shape index (κ1) is 24.2. The second-order valence-electron chi connectivity index (χ2n) is 7.86. The van der Waals surface area contributed by atoms with Gasteiger partial charge in [-0.2, -0.15) is 13.2 Å². The zero-order valence-electron chi connectivity index (χ0n) is 18.0. The summed E-state index contributed by atoms with van der Waals surface area (Å²) in [5.41, 5.74) is 5.52. The summed E-state index contributed by atoms with van der Waals surface area (Å²) in [4.78, 5) is 26.4. The zero-order valence-corrected chi connectivity index (χ0v) is 18.0. The Kier molecular flexibility index (Phi) is 7.37. The normalized spacial score (nSPS) is 14.7. The van der Waals surface area contributed by atoms with Gasteiger partial charge in [-0.15, -0.1) is 0 Å². The minimum Gasteiger partial charge on any atom is -0.380 e. The number of rotatable bonds is 5. The monoisotopic (exact) mass is 462 g/mol. The molecule has 0 aliphatic carbocycles. The number of likely N-dealkylation sites (tertiary alicyclic amines) is 1. The molecule has 10 heteroatoms. The Balaban J connectivity index is 1.73. The summed E-state index contributed by atoms with van der Waals surface area (Å²) in [6.07, 6.45) is -3.91. The number of guanidine groups is 1. The summed E-state index contributed by atoms with van der Waals surface area (Å²) >= 11 is 0. The van der Waals surface area contributed by atoms with Crippen molar-refractivity contribution >= 4 is 17.8 Å². The Labute approximate surface area is 189 Å². The van der Waals surface area contributed by atoms with E-state index in [1.165, 1.54) is 12.1 Å². The number of piperidine rings is 1. The number of hydrogen-bond donors (Lipinski definition) is 3. The van der Waals surface area contributed by atoms with E-state index in [2.05, 4.69) is 0 Å². The molecular formula is C23H25F3N4O3. The molecule has 0 aromatic heterocycles. The molecule has 3 rings (SSSR count). The van der Waals surface area contributed by atoms with Crippen molar-refractivity contribution in [2.45, 2.75) is 31.5 Å². The Morgan fingerprint density at radius 1 is 1.12 bits per heavy atom. The van der Waals surface area contributed by atoms with E-state index < -0.39 is 29.5 Å². The van der Waals surface area contributed by atoms with Crippen LogP contribution in [0.5, 0.6) is 0 Å². The number of benzene rings is 2. The molecule has 1 heterocycles. The molecule has 0 bridgehead atoms. The van der Waals surface area contributed by atoms with Crippen molar-refractivity contribution in [1.29, 1.82) is 5.41 Å². The number of nitrogens with zero attached hydrogens (tertiary/aromatic N) is 1. The molecule has 33 heavy (non-hydrogen) atoms. The van der Waals surface area contributed by atoms with Crippen LogP contribution >= 0.6 is 0 Å². The Hall–Kier alpha value is -3.40. The lowest BCUT2D eigenvalue weighted by molar-refractivity contribution is -0.138. The van der Waals surface area contributed by atoms with Crippen molar-refractivity contribution in [3.63, 3.8) is 0 Å². The van der Waals surface area contributed by atoms with Crippen molar-refractivity contribution in [1.82, 2.24) is 10.2 Å². The summed E-state index contributed by atoms with van der Waals surface area (Å²) in [7, 11) is 1.59. The Morgan fingerprint density at radius 3 is 2.27 bits per heavy atom. The van der Waals surface area contributed by atoms with Crippen molar-refractivity contribution in [2.75, 3.05) is 20.2 Å². The molecular weight excluding hydrogens is 437 g/mol. The van der Waals surface area contributed by atoms with Gasteiger partial charge in [0, 0.05) is 31.3 Å². The van der Waals surface area contributed by atoms with Crippen LogP contribution < -0.4 is 11.1 Å². The summed E-state index contributed by atoms with van der Waals surface area (Å²) in [5.74, 6) is -2.09. The molecule has 1 aliphatic rings. The molecule has 1 fully saturated rings. The molecule has 7 nitrogen and oxygen atoms in total. The van der Waals surface area contributed by atoms with E-state index in [-0.39, 0.29) is 17.0 Å². The predicted octanol–water partition coefficient (Wildman–Crippen LogP) is 3.49. The number of nitrogens with one attached hydrogen (secondary N) is 2. The van der Waals surface area contributed by atoms with Gasteiger partial charge in [0.15, 0.2) is 5.96 Å². The van der Waals surface area contributed by atoms with Crippen LogP contribution in [0.25, 0.3) is 0 Å². The van der Waals surface area contributed by atoms with E-state index in [1.807, 2.05) is 17.4 Å². The van der Waals surface area contributed by atoms with Gasteiger partial charge < -0.3 is 15.4 Å². The summed E-state index contributed by atoms with van der Waals surface area (Å²) < 4.78 is 46.3. The first-order chi connectivity index (χ1) is 15.6. The molecule has 2 amide bonds. The van der Waals surface area contributed by atoms with Gasteiger partial charge in [0.2, 0.25) is 0 Å². The number of alkyl halides is 3. The lowest BCUT2D eigenvalue weighted by Gasteiger charge is -2.33. The van der Waals surface area contributed by atoms with Gasteiger partial charge in [0.25, 0.3) is 11.8 Å². The van der Waals surface area contributed by atoms with E-state index >= 15 is 0 Å². The second kappa shape index (κ2) is 10.0. The maximum atomic E-state index is 13.8. The number of carbonyl (C=O) groups excluding carboxylic acids is 2. The van der Waals surface area contributed by atoms with Gasteiger partial charge >= 0.3 is 6.18 Å². The maximum absolute atomic E-state index is 13.8.